The molecule has 20 heavy (non-hydrogen) atoms. The third kappa shape index (κ3) is 3.20. The van der Waals surface area contributed by atoms with Crippen molar-refractivity contribution in [3.05, 3.63) is 23.8 Å². The van der Waals surface area contributed by atoms with Crippen LogP contribution >= 0.6 is 0 Å². The fraction of sp³-hybridized carbons (Fsp3) is 0.500. The molecular formula is C14H18O6. The predicted octanol–water partition coefficient (Wildman–Crippen LogP) is 0.805. The molecule has 0 aliphatic carbocycles. The van der Waals surface area contributed by atoms with Gasteiger partial charge in [-0.05, 0) is 24.6 Å². The molecule has 0 saturated carbocycles. The fourth-order valence-electron chi connectivity index (χ4n) is 1.90. The first kappa shape index (κ1) is 14.6. The SMILES string of the molecule is CCOC(=O)C(O)C(O)c1ccc2c(c1)OCCCO2. The van der Waals surface area contributed by atoms with E-state index in [1.807, 2.05) is 0 Å². The first-order valence-electron chi connectivity index (χ1n) is 6.55. The van der Waals surface area contributed by atoms with Crippen LogP contribution < -0.4 is 9.47 Å². The fourth-order valence-corrected chi connectivity index (χ4v) is 1.90. The van der Waals surface area contributed by atoms with Crippen LogP contribution in [0.2, 0.25) is 0 Å². The van der Waals surface area contributed by atoms with E-state index in [0.29, 0.717) is 30.3 Å². The van der Waals surface area contributed by atoms with E-state index < -0.39 is 18.2 Å². The lowest BCUT2D eigenvalue weighted by atomic mass is 10.0. The highest BCUT2D eigenvalue weighted by Crippen LogP contribution is 2.33. The second kappa shape index (κ2) is 6.58. The number of carbonyl (C=O) groups excluding carboxylic acids is 1. The van der Waals surface area contributed by atoms with Gasteiger partial charge in [0, 0.05) is 6.42 Å². The van der Waals surface area contributed by atoms with Crippen LogP contribution in [-0.4, -0.2) is 42.1 Å². The summed E-state index contributed by atoms with van der Waals surface area (Å²) in [6.45, 7) is 2.86. The van der Waals surface area contributed by atoms with E-state index in [9.17, 15) is 15.0 Å². The summed E-state index contributed by atoms with van der Waals surface area (Å²) < 4.78 is 15.6. The topological polar surface area (TPSA) is 85.2 Å². The minimum atomic E-state index is -1.63. The molecule has 0 radical (unpaired) electrons. The largest absolute Gasteiger partial charge is 0.490 e. The van der Waals surface area contributed by atoms with Crippen molar-refractivity contribution in [2.45, 2.75) is 25.6 Å². The summed E-state index contributed by atoms with van der Waals surface area (Å²) in [6, 6.07) is 4.80. The number of hydrogen-bond donors (Lipinski definition) is 2. The molecule has 0 bridgehead atoms. The molecule has 0 spiro atoms. The van der Waals surface area contributed by atoms with Crippen LogP contribution in [0.4, 0.5) is 0 Å². The van der Waals surface area contributed by atoms with Crippen LogP contribution in [0, 0.1) is 0 Å². The third-order valence-corrected chi connectivity index (χ3v) is 2.94. The van der Waals surface area contributed by atoms with Crippen molar-refractivity contribution >= 4 is 5.97 Å². The zero-order valence-corrected chi connectivity index (χ0v) is 11.2. The normalized spacial score (nSPS) is 16.9. The molecule has 0 fully saturated rings. The molecule has 6 heteroatoms. The molecule has 6 nitrogen and oxygen atoms in total. The van der Waals surface area contributed by atoms with E-state index in [1.54, 1.807) is 25.1 Å². The second-order valence-electron chi connectivity index (χ2n) is 4.40. The molecule has 2 rings (SSSR count). The van der Waals surface area contributed by atoms with Crippen LogP contribution in [-0.2, 0) is 9.53 Å². The summed E-state index contributed by atoms with van der Waals surface area (Å²) in [6.07, 6.45) is -2.22. The van der Waals surface area contributed by atoms with E-state index in [0.717, 1.165) is 6.42 Å². The predicted molar refractivity (Wildman–Crippen MR) is 69.6 cm³/mol. The van der Waals surface area contributed by atoms with Crippen LogP contribution in [0.25, 0.3) is 0 Å². The van der Waals surface area contributed by atoms with Gasteiger partial charge in [-0.25, -0.2) is 4.79 Å². The Morgan fingerprint density at radius 1 is 1.30 bits per heavy atom. The maximum Gasteiger partial charge on any atom is 0.338 e. The standard InChI is InChI=1S/C14H18O6/c1-2-18-14(17)13(16)12(15)9-4-5-10-11(8-9)20-7-3-6-19-10/h4-5,8,12-13,15-16H,2-3,6-7H2,1H3. The van der Waals surface area contributed by atoms with Crippen molar-refractivity contribution in [2.75, 3.05) is 19.8 Å². The molecule has 2 unspecified atom stereocenters. The highest BCUT2D eigenvalue weighted by Gasteiger charge is 2.27. The summed E-state index contributed by atoms with van der Waals surface area (Å²) in [5, 5.41) is 19.7. The van der Waals surface area contributed by atoms with Gasteiger partial charge in [-0.15, -0.1) is 0 Å². The highest BCUT2D eigenvalue weighted by atomic mass is 16.5. The first-order valence-corrected chi connectivity index (χ1v) is 6.55. The number of ether oxygens (including phenoxy) is 3. The number of aliphatic hydroxyl groups excluding tert-OH is 2. The number of aliphatic hydroxyl groups is 2. The highest BCUT2D eigenvalue weighted by molar-refractivity contribution is 5.75. The average molecular weight is 282 g/mol. The summed E-state index contributed by atoms with van der Waals surface area (Å²) >= 11 is 0. The summed E-state index contributed by atoms with van der Waals surface area (Å²) in [4.78, 5) is 11.4. The number of benzene rings is 1. The quantitative estimate of drug-likeness (QED) is 0.795. The lowest BCUT2D eigenvalue weighted by Gasteiger charge is -2.18. The molecule has 1 aromatic carbocycles. The molecule has 1 aliphatic heterocycles. The van der Waals surface area contributed by atoms with E-state index in [-0.39, 0.29) is 6.61 Å². The van der Waals surface area contributed by atoms with Gasteiger partial charge in [0.05, 0.1) is 19.8 Å². The van der Waals surface area contributed by atoms with Crippen molar-refractivity contribution in [2.24, 2.45) is 0 Å². The molecule has 1 heterocycles. The Kier molecular flexibility index (Phi) is 4.81. The Hall–Kier alpha value is -1.79. The number of carbonyl (C=O) groups is 1. The van der Waals surface area contributed by atoms with Gasteiger partial charge in [-0.3, -0.25) is 0 Å². The third-order valence-electron chi connectivity index (χ3n) is 2.94. The Bertz CT molecular complexity index is 473. The van der Waals surface area contributed by atoms with Crippen LogP contribution in [0.1, 0.15) is 25.0 Å². The summed E-state index contributed by atoms with van der Waals surface area (Å²) in [5.41, 5.74) is 0.370. The van der Waals surface area contributed by atoms with E-state index in [1.165, 1.54) is 0 Å². The van der Waals surface area contributed by atoms with Crippen molar-refractivity contribution in [3.63, 3.8) is 0 Å². The molecule has 2 N–H and O–H groups in total. The molecule has 1 aliphatic rings. The van der Waals surface area contributed by atoms with Gasteiger partial charge in [0.2, 0.25) is 0 Å². The van der Waals surface area contributed by atoms with Crippen molar-refractivity contribution in [1.82, 2.24) is 0 Å². The lowest BCUT2D eigenvalue weighted by Crippen LogP contribution is -2.29. The molecular weight excluding hydrogens is 264 g/mol. The second-order valence-corrected chi connectivity index (χ2v) is 4.40. The van der Waals surface area contributed by atoms with Crippen molar-refractivity contribution in [1.29, 1.82) is 0 Å². The van der Waals surface area contributed by atoms with Gasteiger partial charge in [-0.2, -0.15) is 0 Å². The van der Waals surface area contributed by atoms with Gasteiger partial charge in [0.1, 0.15) is 6.10 Å². The maximum absolute atomic E-state index is 11.4. The molecule has 0 saturated heterocycles. The van der Waals surface area contributed by atoms with Gasteiger partial charge in [0.25, 0.3) is 0 Å². The monoisotopic (exact) mass is 282 g/mol. The molecule has 2 atom stereocenters. The zero-order chi connectivity index (χ0) is 14.5. The smallest absolute Gasteiger partial charge is 0.338 e. The number of rotatable bonds is 4. The molecule has 110 valence electrons. The minimum Gasteiger partial charge on any atom is -0.490 e. The summed E-state index contributed by atoms with van der Waals surface area (Å²) in [5.74, 6) is 0.228. The Morgan fingerprint density at radius 2 is 2.00 bits per heavy atom. The number of hydrogen-bond acceptors (Lipinski definition) is 6. The van der Waals surface area contributed by atoms with Crippen molar-refractivity contribution < 1.29 is 29.2 Å². The van der Waals surface area contributed by atoms with Crippen LogP contribution in [0.15, 0.2) is 18.2 Å². The Balaban J connectivity index is 2.16. The molecule has 0 aromatic heterocycles. The van der Waals surface area contributed by atoms with Gasteiger partial charge < -0.3 is 24.4 Å². The maximum atomic E-state index is 11.4. The van der Waals surface area contributed by atoms with Gasteiger partial charge in [0.15, 0.2) is 17.6 Å². The van der Waals surface area contributed by atoms with E-state index in [2.05, 4.69) is 4.74 Å². The van der Waals surface area contributed by atoms with Crippen LogP contribution in [0.3, 0.4) is 0 Å². The average Bonchev–Trinajstić information content (AvgIpc) is 2.70. The van der Waals surface area contributed by atoms with E-state index in [4.69, 9.17) is 9.47 Å². The van der Waals surface area contributed by atoms with Gasteiger partial charge in [-0.1, -0.05) is 6.07 Å². The van der Waals surface area contributed by atoms with E-state index >= 15 is 0 Å². The number of fused-ring (bicyclic) bond motifs is 1. The zero-order valence-electron chi connectivity index (χ0n) is 11.2. The van der Waals surface area contributed by atoms with Crippen LogP contribution in [0.5, 0.6) is 11.5 Å². The van der Waals surface area contributed by atoms with Gasteiger partial charge >= 0.3 is 5.97 Å². The van der Waals surface area contributed by atoms with Crippen molar-refractivity contribution in [3.8, 4) is 11.5 Å². The minimum absolute atomic E-state index is 0.143. The summed E-state index contributed by atoms with van der Waals surface area (Å²) in [7, 11) is 0. The lowest BCUT2D eigenvalue weighted by molar-refractivity contribution is -0.159. The molecule has 0 amide bonds. The Morgan fingerprint density at radius 3 is 2.70 bits per heavy atom. The Labute approximate surface area is 116 Å². The first-order chi connectivity index (χ1) is 9.63. The number of esters is 1. The molecule has 1 aromatic rings.